The fraction of sp³-hybridized carbons (Fsp3) is 0.818. The van der Waals surface area contributed by atoms with Crippen LogP contribution in [0.1, 0.15) is 12.8 Å². The Morgan fingerprint density at radius 2 is 2.21 bits per heavy atom. The zero-order valence-corrected chi connectivity index (χ0v) is 10.2. The van der Waals surface area contributed by atoms with E-state index in [1.54, 1.807) is 0 Å². The van der Waals surface area contributed by atoms with Gasteiger partial charge in [-0.25, -0.2) is 4.79 Å². The molecule has 3 N–H and O–H groups in total. The number of rotatable bonds is 2. The number of hydrogen-bond acceptors (Lipinski definition) is 6. The van der Waals surface area contributed by atoms with E-state index in [2.05, 4.69) is 5.32 Å². The summed E-state index contributed by atoms with van der Waals surface area (Å²) >= 11 is 0. The standard InChI is InChI=1S/C11H16N2O6/c14-5-6-8(16)11(2-4-18-11)9(19-6)13-3-1-7(15)12-10(13)17/h6,8-9,14,16H,1-5H2,(H,12,15,17)/t6-,8-,9-,11+/m1/s1. The van der Waals surface area contributed by atoms with E-state index in [4.69, 9.17) is 9.47 Å². The molecule has 8 nitrogen and oxygen atoms in total. The van der Waals surface area contributed by atoms with Crippen LogP contribution < -0.4 is 5.32 Å². The van der Waals surface area contributed by atoms with E-state index in [0.717, 1.165) is 0 Å². The van der Waals surface area contributed by atoms with Crippen molar-refractivity contribution in [1.29, 1.82) is 0 Å². The maximum Gasteiger partial charge on any atom is 0.326 e. The van der Waals surface area contributed by atoms with Crippen molar-refractivity contribution in [3.63, 3.8) is 0 Å². The fourth-order valence-corrected chi connectivity index (χ4v) is 2.86. The predicted octanol–water partition coefficient (Wildman–Crippen LogP) is -1.83. The van der Waals surface area contributed by atoms with E-state index in [1.807, 2.05) is 0 Å². The van der Waals surface area contributed by atoms with E-state index < -0.39 is 30.1 Å². The molecule has 0 saturated carbocycles. The Labute approximate surface area is 109 Å². The smallest absolute Gasteiger partial charge is 0.326 e. The van der Waals surface area contributed by atoms with Crippen LogP contribution in [0.25, 0.3) is 0 Å². The van der Waals surface area contributed by atoms with Gasteiger partial charge >= 0.3 is 6.03 Å². The van der Waals surface area contributed by atoms with Crippen molar-refractivity contribution in [1.82, 2.24) is 10.2 Å². The number of aliphatic hydroxyl groups is 2. The minimum Gasteiger partial charge on any atom is -0.394 e. The summed E-state index contributed by atoms with van der Waals surface area (Å²) in [6, 6.07) is -0.554. The first-order chi connectivity index (χ1) is 9.08. The topological polar surface area (TPSA) is 108 Å². The molecule has 1 spiro atoms. The van der Waals surface area contributed by atoms with E-state index >= 15 is 0 Å². The van der Waals surface area contributed by atoms with Crippen molar-refractivity contribution in [2.75, 3.05) is 19.8 Å². The molecule has 4 atom stereocenters. The molecule has 3 heterocycles. The predicted molar refractivity (Wildman–Crippen MR) is 59.9 cm³/mol. The van der Waals surface area contributed by atoms with Crippen LogP contribution in [-0.4, -0.2) is 70.8 Å². The molecule has 3 aliphatic heterocycles. The average molecular weight is 272 g/mol. The number of carbonyl (C=O) groups is 2. The number of imide groups is 1. The monoisotopic (exact) mass is 272 g/mol. The summed E-state index contributed by atoms with van der Waals surface area (Å²) in [4.78, 5) is 24.3. The maximum atomic E-state index is 11.8. The van der Waals surface area contributed by atoms with Crippen molar-refractivity contribution in [2.24, 2.45) is 0 Å². The average Bonchev–Trinajstić information content (AvgIpc) is 2.62. The second-order valence-electron chi connectivity index (χ2n) is 5.00. The molecule has 0 aliphatic carbocycles. The van der Waals surface area contributed by atoms with Crippen LogP contribution in [0.3, 0.4) is 0 Å². The van der Waals surface area contributed by atoms with E-state index in [0.29, 0.717) is 13.0 Å². The molecule has 8 heteroatoms. The number of aliphatic hydroxyl groups excluding tert-OH is 2. The van der Waals surface area contributed by atoms with Crippen LogP contribution in [0.4, 0.5) is 4.79 Å². The first-order valence-electron chi connectivity index (χ1n) is 6.27. The second kappa shape index (κ2) is 4.41. The van der Waals surface area contributed by atoms with Gasteiger partial charge in [-0.05, 0) is 0 Å². The summed E-state index contributed by atoms with van der Waals surface area (Å²) in [7, 11) is 0. The van der Waals surface area contributed by atoms with Gasteiger partial charge in [0.2, 0.25) is 5.91 Å². The minimum absolute atomic E-state index is 0.182. The summed E-state index contributed by atoms with van der Waals surface area (Å²) in [5.74, 6) is -0.331. The number of ether oxygens (including phenoxy) is 2. The fourth-order valence-electron chi connectivity index (χ4n) is 2.86. The molecule has 3 fully saturated rings. The third kappa shape index (κ3) is 1.75. The van der Waals surface area contributed by atoms with Gasteiger partial charge in [-0.1, -0.05) is 0 Å². The van der Waals surface area contributed by atoms with Gasteiger partial charge in [-0.3, -0.25) is 15.0 Å². The molecule has 3 rings (SSSR count). The van der Waals surface area contributed by atoms with E-state index in [9.17, 15) is 19.8 Å². The minimum atomic E-state index is -0.985. The Bertz CT molecular complexity index is 410. The zero-order valence-electron chi connectivity index (χ0n) is 10.2. The van der Waals surface area contributed by atoms with Crippen LogP contribution >= 0.6 is 0 Å². The molecule has 19 heavy (non-hydrogen) atoms. The van der Waals surface area contributed by atoms with Gasteiger partial charge in [-0.2, -0.15) is 0 Å². The lowest BCUT2D eigenvalue weighted by Crippen LogP contribution is -2.66. The van der Waals surface area contributed by atoms with Gasteiger partial charge < -0.3 is 19.7 Å². The van der Waals surface area contributed by atoms with Gasteiger partial charge in [0, 0.05) is 19.4 Å². The van der Waals surface area contributed by atoms with Gasteiger partial charge in [0.1, 0.15) is 17.8 Å². The molecule has 0 aromatic carbocycles. The lowest BCUT2D eigenvalue weighted by molar-refractivity contribution is -0.232. The quantitative estimate of drug-likeness (QED) is 0.545. The van der Waals surface area contributed by atoms with Gasteiger partial charge in [0.15, 0.2) is 6.23 Å². The summed E-state index contributed by atoms with van der Waals surface area (Å²) in [5.41, 5.74) is -0.981. The molecule has 0 radical (unpaired) electrons. The van der Waals surface area contributed by atoms with Crippen LogP contribution in [0.5, 0.6) is 0 Å². The number of amides is 3. The SMILES string of the molecule is O=C1CCN([C@@H]2O[C@H](CO)[C@@H](O)[C@@]23CCO3)C(=O)N1. The first kappa shape index (κ1) is 12.8. The summed E-state index contributed by atoms with van der Waals surface area (Å²) < 4.78 is 11.0. The van der Waals surface area contributed by atoms with Gasteiger partial charge in [0.25, 0.3) is 0 Å². The molecule has 106 valence electrons. The molecular weight excluding hydrogens is 256 g/mol. The largest absolute Gasteiger partial charge is 0.394 e. The Morgan fingerprint density at radius 3 is 2.74 bits per heavy atom. The molecule has 3 amide bonds. The third-order valence-corrected chi connectivity index (χ3v) is 3.99. The summed E-state index contributed by atoms with van der Waals surface area (Å²) in [6.07, 6.45) is -1.81. The van der Waals surface area contributed by atoms with Crippen molar-refractivity contribution >= 4 is 11.9 Å². The highest BCUT2D eigenvalue weighted by atomic mass is 16.6. The first-order valence-corrected chi connectivity index (χ1v) is 6.27. The van der Waals surface area contributed by atoms with Crippen molar-refractivity contribution in [2.45, 2.75) is 36.9 Å². The number of nitrogens with zero attached hydrogens (tertiary/aromatic N) is 1. The number of nitrogens with one attached hydrogen (secondary N) is 1. The Balaban J connectivity index is 1.83. The Kier molecular flexibility index (Phi) is 2.97. The molecule has 0 bridgehead atoms. The maximum absolute atomic E-state index is 11.8. The highest BCUT2D eigenvalue weighted by Gasteiger charge is 2.63. The summed E-state index contributed by atoms with van der Waals surface area (Å²) in [5, 5.41) is 21.6. The third-order valence-electron chi connectivity index (χ3n) is 3.99. The lowest BCUT2D eigenvalue weighted by atomic mass is 9.86. The number of urea groups is 1. The number of carbonyl (C=O) groups excluding carboxylic acids is 2. The lowest BCUT2D eigenvalue weighted by Gasteiger charge is -2.47. The molecule has 3 aliphatic rings. The van der Waals surface area contributed by atoms with Crippen LogP contribution in [0.15, 0.2) is 0 Å². The van der Waals surface area contributed by atoms with Crippen LogP contribution in [0, 0.1) is 0 Å². The van der Waals surface area contributed by atoms with Crippen molar-refractivity contribution in [3.8, 4) is 0 Å². The van der Waals surface area contributed by atoms with E-state index in [-0.39, 0.29) is 25.5 Å². The van der Waals surface area contributed by atoms with Crippen molar-refractivity contribution < 1.29 is 29.3 Å². The van der Waals surface area contributed by atoms with E-state index in [1.165, 1.54) is 4.90 Å². The second-order valence-corrected chi connectivity index (χ2v) is 5.00. The van der Waals surface area contributed by atoms with Gasteiger partial charge in [-0.15, -0.1) is 0 Å². The zero-order chi connectivity index (χ0) is 13.6. The van der Waals surface area contributed by atoms with Gasteiger partial charge in [0.05, 0.1) is 13.2 Å². The molecular formula is C11H16N2O6. The number of hydrogen-bond donors (Lipinski definition) is 3. The summed E-state index contributed by atoms with van der Waals surface area (Å²) in [6.45, 7) is 0.339. The Hall–Kier alpha value is -1.22. The molecule has 0 unspecified atom stereocenters. The highest BCUT2D eigenvalue weighted by molar-refractivity contribution is 5.96. The van der Waals surface area contributed by atoms with Crippen LogP contribution in [-0.2, 0) is 14.3 Å². The molecule has 0 aromatic rings. The van der Waals surface area contributed by atoms with Crippen molar-refractivity contribution in [3.05, 3.63) is 0 Å². The molecule has 3 saturated heterocycles. The Morgan fingerprint density at radius 1 is 1.47 bits per heavy atom. The highest BCUT2D eigenvalue weighted by Crippen LogP contribution is 2.44. The normalized spacial score (nSPS) is 42.4. The van der Waals surface area contributed by atoms with Crippen LogP contribution in [0.2, 0.25) is 0 Å². The molecule has 0 aromatic heterocycles.